The van der Waals surface area contributed by atoms with Crippen molar-refractivity contribution >= 4 is 0 Å². The van der Waals surface area contributed by atoms with Crippen LogP contribution in [0, 0.1) is 11.8 Å². The number of unbranched alkanes of at least 4 members (excludes halogenated alkanes) is 35. The minimum absolute atomic E-state index is 0.0690. The molecule has 97 heavy (non-hydrogen) atoms. The molecule has 4 fully saturated rings. The molecule has 558 valence electrons. The quantitative estimate of drug-likeness (QED) is 0.0447. The van der Waals surface area contributed by atoms with Crippen LogP contribution in [0.1, 0.15) is 381 Å². The van der Waals surface area contributed by atoms with Gasteiger partial charge in [0.05, 0.1) is 24.4 Å². The molecule has 2 aliphatic heterocycles. The van der Waals surface area contributed by atoms with Crippen LogP contribution in [0.4, 0.5) is 0 Å². The van der Waals surface area contributed by atoms with E-state index in [0.29, 0.717) is 23.9 Å². The minimum Gasteiger partial charge on any atom is -0.344 e. The van der Waals surface area contributed by atoms with Gasteiger partial charge in [-0.25, -0.2) is 0 Å². The Morgan fingerprint density at radius 1 is 0.268 bits per heavy atom. The van der Waals surface area contributed by atoms with Crippen molar-refractivity contribution in [1.82, 2.24) is 9.80 Å². The van der Waals surface area contributed by atoms with E-state index in [-0.39, 0.29) is 24.4 Å². The highest BCUT2D eigenvalue weighted by molar-refractivity contribution is 5.10. The van der Waals surface area contributed by atoms with Crippen LogP contribution in [0.5, 0.6) is 0 Å². The fourth-order valence-corrected chi connectivity index (χ4v) is 16.1. The fraction of sp³-hybridized carbons (Fsp3) is 0.802. The summed E-state index contributed by atoms with van der Waals surface area (Å²) in [5.74, 6) is -0.353. The van der Waals surface area contributed by atoms with Gasteiger partial charge < -0.3 is 28.7 Å². The van der Waals surface area contributed by atoms with E-state index in [2.05, 4.69) is 175 Å². The molecule has 0 aromatic rings. The summed E-state index contributed by atoms with van der Waals surface area (Å²) >= 11 is 0. The van der Waals surface area contributed by atoms with Crippen LogP contribution in [-0.2, 0) is 18.9 Å². The van der Waals surface area contributed by atoms with Crippen molar-refractivity contribution in [1.29, 1.82) is 0 Å². The molecule has 9 atom stereocenters. The highest BCUT2D eigenvalue weighted by Crippen LogP contribution is 2.55. The maximum atomic E-state index is 7.82. The maximum Gasteiger partial charge on any atom is 0.169 e. The smallest absolute Gasteiger partial charge is 0.169 e. The molecule has 6 nitrogen and oxygen atoms in total. The molecule has 4 aliphatic rings. The van der Waals surface area contributed by atoms with Crippen LogP contribution >= 0.6 is 0 Å². The second-order valence-corrected chi connectivity index (χ2v) is 31.1. The number of allylic oxidation sites excluding steroid dienone is 18. The molecule has 2 heterocycles. The van der Waals surface area contributed by atoms with Crippen molar-refractivity contribution in [2.75, 3.05) is 28.2 Å². The van der Waals surface area contributed by atoms with Crippen molar-refractivity contribution in [2.24, 2.45) is 11.8 Å². The topological polar surface area (TPSA) is 43.4 Å². The van der Waals surface area contributed by atoms with Crippen molar-refractivity contribution in [2.45, 2.75) is 429 Å². The number of fused-ring (bicyclic) bond motifs is 2. The molecule has 0 amide bonds. The number of nitrogens with zero attached hydrogens (tertiary/aromatic N) is 2. The van der Waals surface area contributed by atoms with Gasteiger partial charge in [-0.1, -0.05) is 285 Å². The summed E-state index contributed by atoms with van der Waals surface area (Å²) in [6.07, 6.45) is 111. The third-order valence-electron chi connectivity index (χ3n) is 22.0. The monoisotopic (exact) mass is 1350 g/mol. The molecule has 0 aromatic heterocycles. The highest BCUT2D eigenvalue weighted by atomic mass is 16.8. The molecule has 6 heteroatoms. The van der Waals surface area contributed by atoms with Gasteiger partial charge in [0.15, 0.2) is 11.6 Å². The van der Waals surface area contributed by atoms with E-state index in [1.54, 1.807) is 0 Å². The Morgan fingerprint density at radius 3 is 0.866 bits per heavy atom. The fourth-order valence-electron chi connectivity index (χ4n) is 16.1. The van der Waals surface area contributed by atoms with Crippen LogP contribution in [0.3, 0.4) is 0 Å². The van der Waals surface area contributed by atoms with Crippen LogP contribution in [0.25, 0.3) is 0 Å². The van der Waals surface area contributed by atoms with Gasteiger partial charge in [-0.3, -0.25) is 0 Å². The Hall–Kier alpha value is -2.58. The predicted octanol–water partition coefficient (Wildman–Crippen LogP) is 27.6. The standard InChI is InChI=1S/C91H160N2O4/c1-9-13-17-21-25-29-33-37-41-45-46-50-54-58-62-66-70-74-78-91(77-73-69-65-61-57-53-49-44-40-36-32-28-24-20-16-12-4)95-86-81-84(93(7)8)87(89(86)97-91)83-79-82(92(5)6)80-85-88(83)96-90(94-85,75-71-67-63-59-55-51-47-42-38-34-30-26-22-18-14-10-2)76-72-68-64-60-56-52-48-43-39-35-31-27-23-19-15-11-3/h26-27,30-33,36-39,42-46,49,57,61,82-89H,9-25,28-29,34-35,40-41,47-48,50-56,58-60,62-81H2,1-8H3/b30-26-,31-27-,36-32-,37-33-,42-38-,43-39-,46-45-,49-44-,61-57-/t82-,83?,84+,85+,86+,87?,88+,89+,91?/m0/s1. The van der Waals surface area contributed by atoms with E-state index in [4.69, 9.17) is 18.9 Å². The molecule has 0 aromatic carbocycles. The van der Waals surface area contributed by atoms with E-state index >= 15 is 0 Å². The molecular formula is C91H160N2O4. The van der Waals surface area contributed by atoms with Crippen molar-refractivity contribution in [3.8, 4) is 0 Å². The first-order valence-electron chi connectivity index (χ1n) is 42.6. The molecule has 4 rings (SSSR count). The van der Waals surface area contributed by atoms with Gasteiger partial charge in [-0.2, -0.15) is 0 Å². The lowest BCUT2D eigenvalue weighted by molar-refractivity contribution is -0.208. The van der Waals surface area contributed by atoms with E-state index in [1.807, 2.05) is 0 Å². The second kappa shape index (κ2) is 58.9. The number of hydrogen-bond acceptors (Lipinski definition) is 6. The van der Waals surface area contributed by atoms with Crippen LogP contribution < -0.4 is 0 Å². The Kier molecular flexibility index (Phi) is 52.7. The lowest BCUT2D eigenvalue weighted by atomic mass is 9.71. The van der Waals surface area contributed by atoms with Gasteiger partial charge in [-0.15, -0.1) is 0 Å². The number of hydrogen-bond donors (Lipinski definition) is 0. The average Bonchev–Trinajstić information content (AvgIpc) is 1.58. The molecule has 2 saturated heterocycles. The van der Waals surface area contributed by atoms with Crippen molar-refractivity contribution in [3.63, 3.8) is 0 Å². The summed E-state index contributed by atoms with van der Waals surface area (Å²) in [7, 11) is 9.28. The Bertz CT molecular complexity index is 2050. The second-order valence-electron chi connectivity index (χ2n) is 31.1. The summed E-state index contributed by atoms with van der Waals surface area (Å²) in [6.45, 7) is 9.16. The van der Waals surface area contributed by atoms with Gasteiger partial charge in [0.25, 0.3) is 0 Å². The van der Waals surface area contributed by atoms with Crippen molar-refractivity contribution < 1.29 is 18.9 Å². The summed E-state index contributed by atoms with van der Waals surface area (Å²) in [5, 5.41) is 0. The normalized spacial score (nSPS) is 23.8. The third kappa shape index (κ3) is 40.2. The molecule has 0 spiro atoms. The van der Waals surface area contributed by atoms with E-state index in [9.17, 15) is 0 Å². The van der Waals surface area contributed by atoms with Crippen LogP contribution in [-0.4, -0.2) is 86.1 Å². The Balaban J connectivity index is 1.41. The molecule has 0 bridgehead atoms. The van der Waals surface area contributed by atoms with Crippen LogP contribution in [0.15, 0.2) is 109 Å². The zero-order valence-electron chi connectivity index (χ0n) is 65.4. The lowest BCUT2D eigenvalue weighted by Crippen LogP contribution is -2.53. The molecule has 0 N–H and O–H groups in total. The maximum absolute atomic E-state index is 7.82. The highest BCUT2D eigenvalue weighted by Gasteiger charge is 2.63. The molecule has 0 radical (unpaired) electrons. The molecular weight excluding hydrogens is 1190 g/mol. The van der Waals surface area contributed by atoms with Gasteiger partial charge in [-0.05, 0) is 214 Å². The largest absolute Gasteiger partial charge is 0.344 e. The van der Waals surface area contributed by atoms with Gasteiger partial charge in [0.2, 0.25) is 0 Å². The first-order valence-corrected chi connectivity index (χ1v) is 42.6. The Labute approximate surface area is 603 Å². The number of rotatable bonds is 64. The predicted molar refractivity (Wildman–Crippen MR) is 426 cm³/mol. The first kappa shape index (κ1) is 86.8. The average molecular weight is 1350 g/mol. The summed E-state index contributed by atoms with van der Waals surface area (Å²) in [5.41, 5.74) is 0. The summed E-state index contributed by atoms with van der Waals surface area (Å²) in [6, 6.07) is 0.822. The minimum atomic E-state index is -0.510. The molecule has 2 aliphatic carbocycles. The SMILES string of the molecule is CCCCC/C=C\C/C=C\CCCCCCCCC1(CCCCCCCC/C=C\C/C=C\CCCCC)O[C@@H]2C(C3[C@H](N(C)C)C[C@H]4OC(CCCC/C=C\C/C=C\C/C=C\CCCCCC)(CCCCCCCC/C=C\C/C=C\CCCCCCC)O[C@@H]34)C[C@H](N(C)C)C[C@H]2O1. The zero-order chi connectivity index (χ0) is 69.2. The van der Waals surface area contributed by atoms with E-state index < -0.39 is 11.6 Å². The van der Waals surface area contributed by atoms with Gasteiger partial charge >= 0.3 is 0 Å². The van der Waals surface area contributed by atoms with Crippen molar-refractivity contribution in [3.05, 3.63) is 109 Å². The Morgan fingerprint density at radius 2 is 0.526 bits per heavy atom. The first-order chi connectivity index (χ1) is 47.7. The summed E-state index contributed by atoms with van der Waals surface area (Å²) < 4.78 is 30.8. The lowest BCUT2D eigenvalue weighted by Gasteiger charge is -2.45. The van der Waals surface area contributed by atoms with Crippen LogP contribution in [0.2, 0.25) is 0 Å². The third-order valence-corrected chi connectivity index (χ3v) is 22.0. The molecule has 2 saturated carbocycles. The zero-order valence-corrected chi connectivity index (χ0v) is 65.4. The molecule has 3 unspecified atom stereocenters. The number of ether oxygens (including phenoxy) is 4. The van der Waals surface area contributed by atoms with E-state index in [1.165, 1.54) is 263 Å². The van der Waals surface area contributed by atoms with Gasteiger partial charge in [0.1, 0.15) is 0 Å². The van der Waals surface area contributed by atoms with E-state index in [0.717, 1.165) is 89.9 Å². The summed E-state index contributed by atoms with van der Waals surface area (Å²) in [4.78, 5) is 5.04. The van der Waals surface area contributed by atoms with Gasteiger partial charge in [0, 0.05) is 43.7 Å².